The molecule has 1 fully saturated rings. The SMILES string of the molecule is C[Si](C)(C)CCOCn1cnc(C2=CCOC2)c1C1CC1. The average Bonchev–Trinajstić information content (AvgIpc) is 2.96. The Morgan fingerprint density at radius 3 is 2.81 bits per heavy atom. The van der Waals surface area contributed by atoms with Crippen LogP contribution in [0.15, 0.2) is 12.4 Å². The number of ether oxygens (including phenoxy) is 2. The van der Waals surface area contributed by atoms with E-state index in [-0.39, 0.29) is 0 Å². The smallest absolute Gasteiger partial charge is 0.124 e. The topological polar surface area (TPSA) is 36.3 Å². The number of nitrogens with zero attached hydrogens (tertiary/aromatic N) is 2. The van der Waals surface area contributed by atoms with E-state index in [0.717, 1.165) is 18.9 Å². The normalized spacial score (nSPS) is 19.1. The van der Waals surface area contributed by atoms with Crippen LogP contribution in [0.2, 0.25) is 25.7 Å². The summed E-state index contributed by atoms with van der Waals surface area (Å²) in [5.74, 6) is 0.671. The van der Waals surface area contributed by atoms with Crippen molar-refractivity contribution in [1.82, 2.24) is 9.55 Å². The predicted octanol–water partition coefficient (Wildman–Crippen LogP) is 3.49. The van der Waals surface area contributed by atoms with Crippen molar-refractivity contribution in [3.05, 3.63) is 23.8 Å². The minimum absolute atomic E-state index is 0.636. The molecule has 0 atom stereocenters. The molecule has 4 nitrogen and oxygen atoms in total. The van der Waals surface area contributed by atoms with Crippen molar-refractivity contribution in [3.8, 4) is 0 Å². The molecule has 1 aromatic rings. The molecule has 3 rings (SSSR count). The molecule has 0 amide bonds. The van der Waals surface area contributed by atoms with Gasteiger partial charge in [0, 0.05) is 26.2 Å². The molecule has 5 heteroatoms. The second kappa shape index (κ2) is 6.06. The summed E-state index contributed by atoms with van der Waals surface area (Å²) in [5, 5.41) is 0. The van der Waals surface area contributed by atoms with Crippen LogP contribution in [0.25, 0.3) is 5.57 Å². The maximum Gasteiger partial charge on any atom is 0.124 e. The Labute approximate surface area is 128 Å². The highest BCUT2D eigenvalue weighted by Gasteiger charge is 2.31. The summed E-state index contributed by atoms with van der Waals surface area (Å²) in [6, 6.07) is 1.21. The zero-order chi connectivity index (χ0) is 14.9. The van der Waals surface area contributed by atoms with Gasteiger partial charge in [0.15, 0.2) is 0 Å². The Bertz CT molecular complexity index is 527. The Hall–Kier alpha value is -0.913. The number of hydrogen-bond donors (Lipinski definition) is 0. The summed E-state index contributed by atoms with van der Waals surface area (Å²) >= 11 is 0. The van der Waals surface area contributed by atoms with Gasteiger partial charge in [-0.15, -0.1) is 0 Å². The molecular weight excluding hydrogens is 280 g/mol. The van der Waals surface area contributed by atoms with Crippen molar-refractivity contribution >= 4 is 13.6 Å². The molecule has 0 saturated heterocycles. The third kappa shape index (κ3) is 3.84. The zero-order valence-electron chi connectivity index (χ0n) is 13.4. The highest BCUT2D eigenvalue weighted by molar-refractivity contribution is 6.76. The number of aromatic nitrogens is 2. The number of rotatable bonds is 7. The maximum absolute atomic E-state index is 5.90. The first-order valence-corrected chi connectivity index (χ1v) is 11.7. The van der Waals surface area contributed by atoms with E-state index in [1.54, 1.807) is 0 Å². The van der Waals surface area contributed by atoms with Gasteiger partial charge in [-0.1, -0.05) is 25.7 Å². The molecule has 0 unspecified atom stereocenters. The minimum atomic E-state index is -1.01. The zero-order valence-corrected chi connectivity index (χ0v) is 14.4. The first kappa shape index (κ1) is 15.0. The molecule has 0 bridgehead atoms. The lowest BCUT2D eigenvalue weighted by atomic mass is 10.1. The van der Waals surface area contributed by atoms with Gasteiger partial charge in [-0.3, -0.25) is 0 Å². The second-order valence-corrected chi connectivity index (χ2v) is 12.9. The third-order valence-electron chi connectivity index (χ3n) is 4.08. The molecule has 2 heterocycles. The quantitative estimate of drug-likeness (QED) is 0.571. The van der Waals surface area contributed by atoms with Gasteiger partial charge in [0.1, 0.15) is 6.73 Å². The fourth-order valence-corrected chi connectivity index (χ4v) is 3.38. The van der Waals surface area contributed by atoms with Gasteiger partial charge in [0.25, 0.3) is 0 Å². The molecule has 1 aliphatic heterocycles. The van der Waals surface area contributed by atoms with Crippen LogP contribution in [-0.4, -0.2) is 37.4 Å². The van der Waals surface area contributed by atoms with Gasteiger partial charge in [0.05, 0.1) is 30.9 Å². The molecule has 116 valence electrons. The van der Waals surface area contributed by atoms with Crippen LogP contribution in [0.1, 0.15) is 30.1 Å². The van der Waals surface area contributed by atoms with E-state index in [4.69, 9.17) is 9.47 Å². The molecule has 0 radical (unpaired) electrons. The molecule has 2 aliphatic rings. The molecule has 1 aliphatic carbocycles. The fraction of sp³-hybridized carbons (Fsp3) is 0.688. The summed E-state index contributed by atoms with van der Waals surface area (Å²) < 4.78 is 13.5. The molecule has 1 saturated carbocycles. The molecule has 0 N–H and O–H groups in total. The van der Waals surface area contributed by atoms with Gasteiger partial charge < -0.3 is 14.0 Å². The summed E-state index contributed by atoms with van der Waals surface area (Å²) in [6.45, 7) is 10.1. The summed E-state index contributed by atoms with van der Waals surface area (Å²) in [4.78, 5) is 4.63. The Morgan fingerprint density at radius 2 is 2.19 bits per heavy atom. The lowest BCUT2D eigenvalue weighted by Gasteiger charge is -2.16. The van der Waals surface area contributed by atoms with Crippen LogP contribution in [0.4, 0.5) is 0 Å². The second-order valence-electron chi connectivity index (χ2n) is 7.31. The highest BCUT2D eigenvalue weighted by Crippen LogP contribution is 2.43. The molecule has 0 spiro atoms. The van der Waals surface area contributed by atoms with E-state index < -0.39 is 8.07 Å². The van der Waals surface area contributed by atoms with Gasteiger partial charge >= 0.3 is 0 Å². The van der Waals surface area contributed by atoms with E-state index in [1.807, 2.05) is 6.33 Å². The van der Waals surface area contributed by atoms with Crippen LogP contribution >= 0.6 is 0 Å². The predicted molar refractivity (Wildman–Crippen MR) is 87.1 cm³/mol. The number of imidazole rings is 1. The van der Waals surface area contributed by atoms with Crippen molar-refractivity contribution in [2.24, 2.45) is 0 Å². The molecule has 1 aromatic heterocycles. The van der Waals surface area contributed by atoms with E-state index in [9.17, 15) is 0 Å². The Balaban J connectivity index is 1.65. The summed E-state index contributed by atoms with van der Waals surface area (Å²) in [5.41, 5.74) is 3.75. The third-order valence-corrected chi connectivity index (χ3v) is 5.78. The van der Waals surface area contributed by atoms with E-state index in [2.05, 4.69) is 35.3 Å². The summed E-state index contributed by atoms with van der Waals surface area (Å²) in [6.07, 6.45) is 6.66. The Morgan fingerprint density at radius 1 is 1.38 bits per heavy atom. The van der Waals surface area contributed by atoms with E-state index in [0.29, 0.717) is 19.3 Å². The lowest BCUT2D eigenvalue weighted by Crippen LogP contribution is -2.22. The average molecular weight is 306 g/mol. The molecule has 21 heavy (non-hydrogen) atoms. The first-order chi connectivity index (χ1) is 10.0. The van der Waals surface area contributed by atoms with Crippen molar-refractivity contribution in [2.75, 3.05) is 19.8 Å². The van der Waals surface area contributed by atoms with Crippen LogP contribution in [0.3, 0.4) is 0 Å². The van der Waals surface area contributed by atoms with Gasteiger partial charge in [-0.2, -0.15) is 0 Å². The van der Waals surface area contributed by atoms with E-state index >= 15 is 0 Å². The van der Waals surface area contributed by atoms with Gasteiger partial charge in [0.2, 0.25) is 0 Å². The Kier molecular flexibility index (Phi) is 4.33. The van der Waals surface area contributed by atoms with Crippen LogP contribution in [0.5, 0.6) is 0 Å². The monoisotopic (exact) mass is 306 g/mol. The highest BCUT2D eigenvalue weighted by atomic mass is 28.3. The van der Waals surface area contributed by atoms with Crippen molar-refractivity contribution < 1.29 is 9.47 Å². The molecule has 0 aromatic carbocycles. The van der Waals surface area contributed by atoms with Crippen LogP contribution in [-0.2, 0) is 16.2 Å². The van der Waals surface area contributed by atoms with Crippen molar-refractivity contribution in [3.63, 3.8) is 0 Å². The standard InChI is InChI=1S/C16H26N2O2Si/c1-21(2,3)9-8-20-12-18-11-17-15(14-6-7-19-10-14)16(18)13-4-5-13/h6,11,13H,4-5,7-10,12H2,1-3H3. The van der Waals surface area contributed by atoms with Gasteiger partial charge in [-0.05, 0) is 18.9 Å². The molecular formula is C16H26N2O2Si. The fourth-order valence-electron chi connectivity index (χ4n) is 2.62. The lowest BCUT2D eigenvalue weighted by molar-refractivity contribution is 0.0852. The first-order valence-electron chi connectivity index (χ1n) is 7.94. The summed E-state index contributed by atoms with van der Waals surface area (Å²) in [7, 11) is -1.01. The van der Waals surface area contributed by atoms with Crippen molar-refractivity contribution in [1.29, 1.82) is 0 Å². The van der Waals surface area contributed by atoms with E-state index in [1.165, 1.54) is 30.2 Å². The minimum Gasteiger partial charge on any atom is -0.373 e. The number of hydrogen-bond acceptors (Lipinski definition) is 3. The maximum atomic E-state index is 5.90. The van der Waals surface area contributed by atoms with Crippen molar-refractivity contribution in [2.45, 2.75) is 51.2 Å². The largest absolute Gasteiger partial charge is 0.373 e. The van der Waals surface area contributed by atoms with Crippen LogP contribution < -0.4 is 0 Å². The van der Waals surface area contributed by atoms with Gasteiger partial charge in [-0.25, -0.2) is 4.98 Å². The van der Waals surface area contributed by atoms with Crippen LogP contribution in [0, 0.1) is 0 Å².